The van der Waals surface area contributed by atoms with Gasteiger partial charge >= 0.3 is 11.9 Å². The molecule has 2 aliphatic rings. The molecule has 1 fully saturated rings. The molecule has 1 unspecified atom stereocenters. The third-order valence-electron chi connectivity index (χ3n) is 6.41. The lowest BCUT2D eigenvalue weighted by Crippen LogP contribution is -2.32. The van der Waals surface area contributed by atoms with Gasteiger partial charge in [-0.15, -0.1) is 0 Å². The standard InChI is InChI=1S/C27H28N4O6/c1-16-3-7-18(8-4-16)26(33)35-13-22-21(37-27(34)19-9-5-17(2)6-10-19)11-23(36-22)31-15-30-24-20(32)12-28-14-29-25(24)31/h3-10,14-15,20-23,32H,11-13H2,1-2H3,(H,28,29)/t20-,21?,22-,23-/m1/s1. The maximum absolute atomic E-state index is 12.9. The first-order valence-corrected chi connectivity index (χ1v) is 12.1. The number of imidazole rings is 1. The van der Waals surface area contributed by atoms with Gasteiger partial charge in [0.25, 0.3) is 0 Å². The minimum Gasteiger partial charge on any atom is -0.459 e. The smallest absolute Gasteiger partial charge is 0.338 e. The number of hydrogen-bond donors (Lipinski definition) is 2. The van der Waals surface area contributed by atoms with Crippen LogP contribution in [0.1, 0.15) is 56.3 Å². The molecule has 4 atom stereocenters. The van der Waals surface area contributed by atoms with Crippen LogP contribution in [0.2, 0.25) is 0 Å². The van der Waals surface area contributed by atoms with E-state index >= 15 is 0 Å². The van der Waals surface area contributed by atoms with Crippen LogP contribution < -0.4 is 5.32 Å². The van der Waals surface area contributed by atoms with Crippen LogP contribution in [0, 0.1) is 13.8 Å². The second kappa shape index (κ2) is 10.5. The molecule has 3 heterocycles. The van der Waals surface area contributed by atoms with Gasteiger partial charge in [-0.25, -0.2) is 14.6 Å². The lowest BCUT2D eigenvalue weighted by molar-refractivity contribution is -0.0567. The maximum Gasteiger partial charge on any atom is 0.338 e. The van der Waals surface area contributed by atoms with Gasteiger partial charge in [-0.05, 0) is 38.1 Å². The Kier molecular flexibility index (Phi) is 7.02. The van der Waals surface area contributed by atoms with E-state index in [1.54, 1.807) is 35.2 Å². The van der Waals surface area contributed by atoms with Gasteiger partial charge in [0.1, 0.15) is 42.7 Å². The van der Waals surface area contributed by atoms with Crippen LogP contribution in [0.4, 0.5) is 5.82 Å². The summed E-state index contributed by atoms with van der Waals surface area (Å²) in [6, 6.07) is 14.2. The van der Waals surface area contributed by atoms with Crippen LogP contribution in [0.3, 0.4) is 0 Å². The molecule has 37 heavy (non-hydrogen) atoms. The maximum atomic E-state index is 12.9. The Hall–Kier alpha value is -4.02. The number of anilines is 1. The number of aromatic nitrogens is 2. The summed E-state index contributed by atoms with van der Waals surface area (Å²) in [7, 11) is 0. The Morgan fingerprint density at radius 2 is 1.70 bits per heavy atom. The molecule has 1 saturated heterocycles. The summed E-state index contributed by atoms with van der Waals surface area (Å²) in [5, 5.41) is 13.4. The van der Waals surface area contributed by atoms with Gasteiger partial charge in [-0.2, -0.15) is 0 Å². The Balaban J connectivity index is 1.34. The van der Waals surface area contributed by atoms with Crippen molar-refractivity contribution < 1.29 is 28.9 Å². The van der Waals surface area contributed by atoms with Crippen LogP contribution in [0.25, 0.3) is 0 Å². The molecular formula is C27H28N4O6. The van der Waals surface area contributed by atoms with E-state index in [2.05, 4.69) is 15.3 Å². The lowest BCUT2D eigenvalue weighted by Gasteiger charge is -2.19. The van der Waals surface area contributed by atoms with Crippen LogP contribution in [-0.4, -0.2) is 58.3 Å². The number of carbonyl (C=O) groups excluding carboxylic acids is 2. The summed E-state index contributed by atoms with van der Waals surface area (Å²) in [6.45, 7) is 3.96. The number of aryl methyl sites for hydroxylation is 2. The van der Waals surface area contributed by atoms with Crippen molar-refractivity contribution in [2.24, 2.45) is 4.99 Å². The normalized spacial score (nSPS) is 22.6. The molecule has 10 heteroatoms. The molecule has 0 bridgehead atoms. The van der Waals surface area contributed by atoms with Crippen molar-refractivity contribution in [1.82, 2.24) is 9.55 Å². The molecule has 5 rings (SSSR count). The lowest BCUT2D eigenvalue weighted by atomic mass is 10.1. The van der Waals surface area contributed by atoms with Crippen molar-refractivity contribution in [3.8, 4) is 0 Å². The number of aliphatic hydroxyl groups excluding tert-OH is 1. The third kappa shape index (κ3) is 5.40. The number of fused-ring (bicyclic) bond motifs is 1. The minimum atomic E-state index is -0.856. The second-order valence-electron chi connectivity index (χ2n) is 9.18. The number of nitrogens with zero attached hydrogens (tertiary/aromatic N) is 3. The molecule has 0 aliphatic carbocycles. The van der Waals surface area contributed by atoms with Crippen LogP contribution in [0.15, 0.2) is 59.9 Å². The number of benzene rings is 2. The Morgan fingerprint density at radius 1 is 1.05 bits per heavy atom. The van der Waals surface area contributed by atoms with Crippen LogP contribution in [-0.2, 0) is 14.2 Å². The van der Waals surface area contributed by atoms with Crippen molar-refractivity contribution in [2.45, 2.75) is 44.8 Å². The van der Waals surface area contributed by atoms with Crippen molar-refractivity contribution in [2.75, 3.05) is 18.5 Å². The second-order valence-corrected chi connectivity index (χ2v) is 9.18. The molecule has 0 spiro atoms. The molecule has 10 nitrogen and oxygen atoms in total. The molecule has 2 aromatic carbocycles. The number of rotatable bonds is 6. The minimum absolute atomic E-state index is 0.108. The van der Waals surface area contributed by atoms with Gasteiger partial charge in [-0.1, -0.05) is 35.4 Å². The highest BCUT2D eigenvalue weighted by atomic mass is 16.6. The Bertz CT molecular complexity index is 1300. The summed E-state index contributed by atoms with van der Waals surface area (Å²) in [4.78, 5) is 33.9. The SMILES string of the molecule is Cc1ccc(C(=O)OC[C@H]2O[C@@H](n3cnc4c3NC=NC[C@H]4O)CC2OC(=O)c2ccc(C)cc2)cc1. The van der Waals surface area contributed by atoms with Gasteiger partial charge in [-0.3, -0.25) is 9.56 Å². The Labute approximate surface area is 213 Å². The van der Waals surface area contributed by atoms with Gasteiger partial charge in [0.15, 0.2) is 0 Å². The largest absolute Gasteiger partial charge is 0.459 e. The number of carbonyl (C=O) groups is 2. The first-order valence-electron chi connectivity index (χ1n) is 12.1. The molecule has 3 aromatic rings. The summed E-state index contributed by atoms with van der Waals surface area (Å²) in [6.07, 6.45) is 0.513. The fraction of sp³-hybridized carbons (Fsp3) is 0.333. The van der Waals surface area contributed by atoms with E-state index in [9.17, 15) is 14.7 Å². The average molecular weight is 505 g/mol. The first kappa shape index (κ1) is 24.7. The average Bonchev–Trinajstić information content (AvgIpc) is 3.44. The summed E-state index contributed by atoms with van der Waals surface area (Å²) >= 11 is 0. The van der Waals surface area contributed by atoms with Crippen LogP contribution >= 0.6 is 0 Å². The Morgan fingerprint density at radius 3 is 2.38 bits per heavy atom. The predicted octanol–water partition coefficient (Wildman–Crippen LogP) is 3.36. The van der Waals surface area contributed by atoms with Crippen molar-refractivity contribution in [3.63, 3.8) is 0 Å². The molecule has 192 valence electrons. The predicted molar refractivity (Wildman–Crippen MR) is 135 cm³/mol. The van der Waals surface area contributed by atoms with E-state index < -0.39 is 36.5 Å². The van der Waals surface area contributed by atoms with E-state index in [0.717, 1.165) is 11.1 Å². The van der Waals surface area contributed by atoms with Crippen LogP contribution in [0.5, 0.6) is 0 Å². The number of hydrogen-bond acceptors (Lipinski definition) is 9. The molecule has 0 amide bonds. The number of aliphatic hydroxyl groups is 1. The number of ether oxygens (including phenoxy) is 3. The third-order valence-corrected chi connectivity index (χ3v) is 6.41. The van der Waals surface area contributed by atoms with Gasteiger partial charge in [0.05, 0.1) is 30.3 Å². The molecule has 1 aromatic heterocycles. The first-order chi connectivity index (χ1) is 17.9. The molecule has 0 saturated carbocycles. The fourth-order valence-electron chi connectivity index (χ4n) is 4.30. The van der Waals surface area contributed by atoms with Gasteiger partial charge in [0.2, 0.25) is 0 Å². The zero-order valence-electron chi connectivity index (χ0n) is 20.5. The van der Waals surface area contributed by atoms with Gasteiger partial charge in [0, 0.05) is 6.42 Å². The van der Waals surface area contributed by atoms with Crippen molar-refractivity contribution in [3.05, 3.63) is 82.8 Å². The van der Waals surface area contributed by atoms with Gasteiger partial charge < -0.3 is 24.6 Å². The molecule has 2 N–H and O–H groups in total. The van der Waals surface area contributed by atoms with E-state index in [0.29, 0.717) is 29.1 Å². The topological polar surface area (TPSA) is 124 Å². The highest BCUT2D eigenvalue weighted by Gasteiger charge is 2.41. The number of aliphatic imine (C=N–C) groups is 1. The van der Waals surface area contributed by atoms with E-state index in [4.69, 9.17) is 14.2 Å². The van der Waals surface area contributed by atoms with Crippen molar-refractivity contribution in [1.29, 1.82) is 0 Å². The summed E-state index contributed by atoms with van der Waals surface area (Å²) in [5.74, 6) is -0.443. The monoisotopic (exact) mass is 504 g/mol. The fourth-order valence-corrected chi connectivity index (χ4v) is 4.30. The number of esters is 2. The quantitative estimate of drug-likeness (QED) is 0.490. The highest BCUT2D eigenvalue weighted by Crippen LogP contribution is 2.36. The van der Waals surface area contributed by atoms with E-state index in [-0.39, 0.29) is 13.2 Å². The van der Waals surface area contributed by atoms with E-state index in [1.807, 2.05) is 38.1 Å². The zero-order chi connectivity index (χ0) is 25.9. The molecular weight excluding hydrogens is 476 g/mol. The zero-order valence-corrected chi connectivity index (χ0v) is 20.5. The summed E-state index contributed by atoms with van der Waals surface area (Å²) in [5.41, 5.74) is 3.35. The van der Waals surface area contributed by atoms with Crippen molar-refractivity contribution >= 4 is 24.1 Å². The highest BCUT2D eigenvalue weighted by molar-refractivity contribution is 5.90. The molecule has 0 radical (unpaired) electrons. The summed E-state index contributed by atoms with van der Waals surface area (Å²) < 4.78 is 19.3. The van der Waals surface area contributed by atoms with E-state index in [1.165, 1.54) is 6.34 Å². The molecule has 2 aliphatic heterocycles. The number of nitrogens with one attached hydrogen (secondary N) is 1.